The summed E-state index contributed by atoms with van der Waals surface area (Å²) >= 11 is 0. The van der Waals surface area contributed by atoms with E-state index in [0.29, 0.717) is 6.29 Å². The fraction of sp³-hybridized carbons (Fsp3) is 0.308. The van der Waals surface area contributed by atoms with Gasteiger partial charge in [-0.05, 0) is 30.5 Å². The highest BCUT2D eigenvalue weighted by Gasteiger charge is 2.21. The van der Waals surface area contributed by atoms with Crippen LogP contribution in [0.15, 0.2) is 24.4 Å². The van der Waals surface area contributed by atoms with Crippen LogP contribution in [-0.4, -0.2) is 31.2 Å². The molecule has 0 aliphatic carbocycles. The summed E-state index contributed by atoms with van der Waals surface area (Å²) in [7, 11) is -3.35. The van der Waals surface area contributed by atoms with E-state index in [1.807, 2.05) is 25.1 Å². The molecule has 1 unspecified atom stereocenters. The molecule has 2 rings (SSSR count). The average Bonchev–Trinajstić information content (AvgIpc) is 2.66. The number of sulfone groups is 1. The van der Waals surface area contributed by atoms with E-state index in [2.05, 4.69) is 4.98 Å². The Kier molecular flexibility index (Phi) is 3.26. The lowest BCUT2D eigenvalue weighted by Gasteiger charge is -2.07. The quantitative estimate of drug-likeness (QED) is 0.854. The number of hydrogen-bond donors (Lipinski definition) is 1. The molecule has 0 fully saturated rings. The molecule has 0 radical (unpaired) electrons. The molecule has 0 amide bonds. The Hall–Kier alpha value is -1.62. The molecule has 5 heteroatoms. The average molecular weight is 265 g/mol. The first-order valence-electron chi connectivity index (χ1n) is 5.62. The topological polar surface area (TPSA) is 67.0 Å². The number of hydrogen-bond acceptors (Lipinski definition) is 3. The molecule has 0 saturated heterocycles. The second kappa shape index (κ2) is 4.57. The van der Waals surface area contributed by atoms with E-state index in [9.17, 15) is 13.2 Å². The number of aromatic amines is 1. The Morgan fingerprint density at radius 1 is 1.39 bits per heavy atom. The second-order valence-corrected chi connectivity index (χ2v) is 6.84. The van der Waals surface area contributed by atoms with E-state index < -0.39 is 15.1 Å². The summed E-state index contributed by atoms with van der Waals surface area (Å²) < 4.78 is 22.9. The van der Waals surface area contributed by atoms with E-state index in [0.717, 1.165) is 28.3 Å². The van der Waals surface area contributed by atoms with E-state index in [1.54, 1.807) is 6.20 Å². The number of carbonyl (C=O) groups is 1. The number of carbonyl (C=O) groups excluding carboxylic acids is 1. The number of aryl methyl sites for hydroxylation is 1. The third-order valence-corrected chi connectivity index (χ3v) is 4.42. The van der Waals surface area contributed by atoms with E-state index in [-0.39, 0.29) is 6.42 Å². The van der Waals surface area contributed by atoms with Crippen molar-refractivity contribution in [2.45, 2.75) is 18.6 Å². The summed E-state index contributed by atoms with van der Waals surface area (Å²) in [4.78, 5) is 14.0. The van der Waals surface area contributed by atoms with Crippen LogP contribution in [0.25, 0.3) is 10.9 Å². The lowest BCUT2D eigenvalue weighted by molar-refractivity contribution is -0.107. The van der Waals surface area contributed by atoms with Gasteiger partial charge in [0.05, 0.1) is 0 Å². The maximum absolute atomic E-state index is 11.4. The fourth-order valence-electron chi connectivity index (χ4n) is 1.99. The molecule has 18 heavy (non-hydrogen) atoms. The second-order valence-electron chi connectivity index (χ2n) is 4.57. The highest BCUT2D eigenvalue weighted by Crippen LogP contribution is 2.21. The molecule has 4 nitrogen and oxygen atoms in total. The molecule has 0 saturated carbocycles. The normalized spacial score (nSPS) is 13.7. The highest BCUT2D eigenvalue weighted by molar-refractivity contribution is 7.92. The van der Waals surface area contributed by atoms with Crippen LogP contribution in [-0.2, 0) is 21.1 Å². The molecule has 1 aromatic heterocycles. The highest BCUT2D eigenvalue weighted by atomic mass is 32.2. The molecule has 96 valence electrons. The Labute approximate surface area is 106 Å². The minimum absolute atomic E-state index is 0.214. The summed E-state index contributed by atoms with van der Waals surface area (Å²) in [6, 6.07) is 5.91. The largest absolute Gasteiger partial charge is 0.361 e. The molecule has 0 spiro atoms. The zero-order chi connectivity index (χ0) is 13.3. The van der Waals surface area contributed by atoms with Gasteiger partial charge in [-0.1, -0.05) is 12.1 Å². The first-order chi connectivity index (χ1) is 8.41. The molecule has 0 aliphatic heterocycles. The molecule has 0 bridgehead atoms. The van der Waals surface area contributed by atoms with E-state index in [4.69, 9.17) is 0 Å². The van der Waals surface area contributed by atoms with Crippen LogP contribution >= 0.6 is 0 Å². The minimum Gasteiger partial charge on any atom is -0.361 e. The number of H-pyrrole nitrogens is 1. The number of fused-ring (bicyclic) bond motifs is 1. The number of aromatic nitrogens is 1. The van der Waals surface area contributed by atoms with Crippen LogP contribution in [0.5, 0.6) is 0 Å². The zero-order valence-electron chi connectivity index (χ0n) is 10.3. The van der Waals surface area contributed by atoms with Crippen LogP contribution in [0, 0.1) is 6.92 Å². The number of rotatable bonds is 4. The Bertz CT molecular complexity index is 685. The van der Waals surface area contributed by atoms with Gasteiger partial charge in [0.1, 0.15) is 11.5 Å². The molecule has 0 aliphatic rings. The van der Waals surface area contributed by atoms with Gasteiger partial charge in [0.2, 0.25) is 0 Å². The van der Waals surface area contributed by atoms with Crippen LogP contribution in [0.2, 0.25) is 0 Å². The van der Waals surface area contributed by atoms with Gasteiger partial charge in [0, 0.05) is 23.4 Å². The SMILES string of the molecule is Cc1ccc2c(CC(C=O)S(C)(=O)=O)c[nH]c2c1. The van der Waals surface area contributed by atoms with Crippen molar-refractivity contribution in [1.82, 2.24) is 4.98 Å². The van der Waals surface area contributed by atoms with Crippen molar-refractivity contribution in [1.29, 1.82) is 0 Å². The maximum atomic E-state index is 11.4. The van der Waals surface area contributed by atoms with Gasteiger partial charge >= 0.3 is 0 Å². The Balaban J connectivity index is 2.41. The van der Waals surface area contributed by atoms with Crippen molar-refractivity contribution in [3.63, 3.8) is 0 Å². The van der Waals surface area contributed by atoms with Crippen molar-refractivity contribution in [2.24, 2.45) is 0 Å². The molecule has 2 aromatic rings. The predicted octanol–water partition coefficient (Wildman–Crippen LogP) is 1.63. The molecule has 1 atom stereocenters. The van der Waals surface area contributed by atoms with Gasteiger partial charge < -0.3 is 9.78 Å². The lowest BCUT2D eigenvalue weighted by atomic mass is 10.1. The molecule has 1 heterocycles. The summed E-state index contributed by atoms with van der Waals surface area (Å²) in [6.07, 6.45) is 3.57. The van der Waals surface area contributed by atoms with Gasteiger partial charge in [-0.2, -0.15) is 0 Å². The molecule has 1 aromatic carbocycles. The van der Waals surface area contributed by atoms with Crippen LogP contribution in [0.4, 0.5) is 0 Å². The first-order valence-corrected chi connectivity index (χ1v) is 7.58. The van der Waals surface area contributed by atoms with Gasteiger partial charge in [-0.3, -0.25) is 0 Å². The Morgan fingerprint density at radius 3 is 2.72 bits per heavy atom. The number of benzene rings is 1. The van der Waals surface area contributed by atoms with Crippen molar-refractivity contribution in [3.05, 3.63) is 35.5 Å². The third kappa shape index (κ3) is 2.46. The summed E-state index contributed by atoms with van der Waals surface area (Å²) in [5, 5.41) is -0.00565. The van der Waals surface area contributed by atoms with Crippen molar-refractivity contribution >= 4 is 27.0 Å². The summed E-state index contributed by atoms with van der Waals surface area (Å²) in [6.45, 7) is 1.99. The summed E-state index contributed by atoms with van der Waals surface area (Å²) in [5.41, 5.74) is 2.95. The fourth-order valence-corrected chi connectivity index (χ4v) is 2.67. The van der Waals surface area contributed by atoms with Gasteiger partial charge in [-0.25, -0.2) is 8.42 Å². The number of aldehydes is 1. The van der Waals surface area contributed by atoms with Crippen LogP contribution < -0.4 is 0 Å². The van der Waals surface area contributed by atoms with Crippen LogP contribution in [0.1, 0.15) is 11.1 Å². The number of nitrogens with one attached hydrogen (secondary N) is 1. The van der Waals surface area contributed by atoms with E-state index >= 15 is 0 Å². The van der Waals surface area contributed by atoms with Crippen molar-refractivity contribution in [3.8, 4) is 0 Å². The van der Waals surface area contributed by atoms with E-state index in [1.165, 1.54) is 0 Å². The molecule has 1 N–H and O–H groups in total. The first kappa shape index (κ1) is 12.8. The van der Waals surface area contributed by atoms with Crippen molar-refractivity contribution in [2.75, 3.05) is 6.26 Å². The minimum atomic E-state index is -3.35. The third-order valence-electron chi connectivity index (χ3n) is 3.05. The molecular formula is C13H15NO3S. The summed E-state index contributed by atoms with van der Waals surface area (Å²) in [5.74, 6) is 0. The standard InChI is InChI=1S/C13H15NO3S/c1-9-3-4-12-10(7-14-13(12)5-9)6-11(8-15)18(2,16)17/h3-5,7-8,11,14H,6H2,1-2H3. The zero-order valence-corrected chi connectivity index (χ0v) is 11.1. The maximum Gasteiger partial charge on any atom is 0.157 e. The smallest absolute Gasteiger partial charge is 0.157 e. The monoisotopic (exact) mass is 265 g/mol. The Morgan fingerprint density at radius 2 is 2.11 bits per heavy atom. The van der Waals surface area contributed by atoms with Crippen LogP contribution in [0.3, 0.4) is 0 Å². The molecular weight excluding hydrogens is 250 g/mol. The predicted molar refractivity (Wildman–Crippen MR) is 71.4 cm³/mol. The van der Waals surface area contributed by atoms with Crippen molar-refractivity contribution < 1.29 is 13.2 Å². The van der Waals surface area contributed by atoms with Gasteiger partial charge in [-0.15, -0.1) is 0 Å². The van der Waals surface area contributed by atoms with Gasteiger partial charge in [0.25, 0.3) is 0 Å². The lowest BCUT2D eigenvalue weighted by Crippen LogP contribution is -2.23. The van der Waals surface area contributed by atoms with Gasteiger partial charge in [0.15, 0.2) is 9.84 Å².